The van der Waals surface area contributed by atoms with Gasteiger partial charge in [0.05, 0.1) is 0 Å². The van der Waals surface area contributed by atoms with Crippen LogP contribution < -0.4 is 0 Å². The first kappa shape index (κ1) is 36.9. The van der Waals surface area contributed by atoms with Gasteiger partial charge in [-0.25, -0.2) is 13.2 Å². The number of alkyl halides is 3. The summed E-state index contributed by atoms with van der Waals surface area (Å²) in [6.07, 6.45) is -2.78. The molecular formula is C2H9F6LiO4S. The van der Waals surface area contributed by atoms with E-state index in [1.54, 1.807) is 0 Å². The summed E-state index contributed by atoms with van der Waals surface area (Å²) in [4.78, 5) is 0. The fourth-order valence-corrected chi connectivity index (χ4v) is 0. The number of hydrogen-bond donors (Lipinski definition) is 2. The van der Waals surface area contributed by atoms with Crippen LogP contribution in [-0.4, -0.2) is 49.5 Å². The molecule has 0 bridgehead atoms. The molecule has 0 spiro atoms. The van der Waals surface area contributed by atoms with Gasteiger partial charge >= 0.3 is 29.3 Å². The van der Waals surface area contributed by atoms with Crippen LogP contribution >= 0.6 is 0 Å². The van der Waals surface area contributed by atoms with Gasteiger partial charge in [-0.15, -0.1) is 0 Å². The van der Waals surface area contributed by atoms with Crippen LogP contribution in [0, 0.1) is 0 Å². The molecule has 0 rings (SSSR count). The average molecular weight is 250 g/mol. The second-order valence-electron chi connectivity index (χ2n) is 0.993. The van der Waals surface area contributed by atoms with Gasteiger partial charge in [-0.05, 0) is 0 Å². The maximum absolute atomic E-state index is 10.4. The van der Waals surface area contributed by atoms with Gasteiger partial charge in [0.15, 0.2) is 6.67 Å². The zero-order valence-electron chi connectivity index (χ0n) is 5.76. The Morgan fingerprint density at radius 2 is 1.14 bits per heavy atom. The van der Waals surface area contributed by atoms with E-state index in [9.17, 15) is 13.2 Å². The Bertz CT molecular complexity index is 153. The van der Waals surface area contributed by atoms with Gasteiger partial charge in [0.2, 0.25) is 0 Å². The van der Waals surface area contributed by atoms with Crippen molar-refractivity contribution in [2.24, 2.45) is 0 Å². The second kappa shape index (κ2) is 18.8. The van der Waals surface area contributed by atoms with E-state index in [2.05, 4.69) is 0 Å². The van der Waals surface area contributed by atoms with Crippen molar-refractivity contribution in [2.45, 2.75) is 6.43 Å². The molecule has 0 saturated carbocycles. The summed E-state index contributed by atoms with van der Waals surface area (Å²) in [6.45, 7) is -1.53. The monoisotopic (exact) mass is 250 g/mol. The van der Waals surface area contributed by atoms with Crippen LogP contribution in [0.15, 0.2) is 0 Å². The summed E-state index contributed by atoms with van der Waals surface area (Å²) in [6, 6.07) is 0. The standard InChI is InChI=1S/C2H3F3.3FH.Li.H2O4S.H/c3-1-2(4)5;;;;;1-5(2,3)4;/h2H,1H2;3*1H;;(H2,1,2,3,4);. The van der Waals surface area contributed by atoms with Crippen molar-refractivity contribution < 1.29 is 44.8 Å². The third-order valence-corrected chi connectivity index (χ3v) is 0.117. The number of halogens is 6. The second-order valence-corrected chi connectivity index (χ2v) is 1.89. The van der Waals surface area contributed by atoms with E-state index < -0.39 is 23.5 Å². The molecule has 0 aliphatic heterocycles. The van der Waals surface area contributed by atoms with Gasteiger partial charge in [-0.2, -0.15) is 8.42 Å². The van der Waals surface area contributed by atoms with Crippen molar-refractivity contribution in [1.29, 1.82) is 0 Å². The first-order chi connectivity index (χ1) is 4.27. The minimum atomic E-state index is -4.67. The molecule has 0 heterocycles. The fourth-order valence-electron chi connectivity index (χ4n) is 0. The average Bonchev–Trinajstić information content (AvgIpc) is 1.61. The third kappa shape index (κ3) is 351. The molecule has 0 aromatic heterocycles. The maximum atomic E-state index is 10.4. The molecule has 14 heavy (non-hydrogen) atoms. The molecular weight excluding hydrogens is 241 g/mol. The van der Waals surface area contributed by atoms with E-state index in [1.165, 1.54) is 0 Å². The Balaban J connectivity index is -0.0000000178. The molecule has 0 fully saturated rings. The van der Waals surface area contributed by atoms with Crippen molar-refractivity contribution in [3.05, 3.63) is 0 Å². The molecule has 4 nitrogen and oxygen atoms in total. The molecule has 0 atom stereocenters. The first-order valence-electron chi connectivity index (χ1n) is 1.81. The van der Waals surface area contributed by atoms with Crippen LogP contribution in [0.2, 0.25) is 0 Å². The van der Waals surface area contributed by atoms with Crippen molar-refractivity contribution >= 4 is 29.3 Å². The zero-order chi connectivity index (χ0) is 8.78. The van der Waals surface area contributed by atoms with Crippen molar-refractivity contribution in [1.82, 2.24) is 0 Å². The normalized spacial score (nSPS) is 7.57. The Kier molecular flexibility index (Phi) is 49.5. The van der Waals surface area contributed by atoms with Crippen LogP contribution in [0.4, 0.5) is 27.3 Å². The summed E-state index contributed by atoms with van der Waals surface area (Å²) < 4.78 is 62.7. The molecule has 2 N–H and O–H groups in total. The van der Waals surface area contributed by atoms with Crippen LogP contribution in [0.1, 0.15) is 0 Å². The zero-order valence-corrected chi connectivity index (χ0v) is 6.58. The predicted octanol–water partition coefficient (Wildman–Crippen LogP) is 0.377. The summed E-state index contributed by atoms with van der Waals surface area (Å²) in [5, 5.41) is 0. The van der Waals surface area contributed by atoms with E-state index >= 15 is 0 Å². The Morgan fingerprint density at radius 3 is 1.14 bits per heavy atom. The van der Waals surface area contributed by atoms with Crippen molar-refractivity contribution in [3.63, 3.8) is 0 Å². The van der Waals surface area contributed by atoms with Crippen LogP contribution in [0.25, 0.3) is 0 Å². The van der Waals surface area contributed by atoms with Crippen LogP contribution in [0.5, 0.6) is 0 Å². The van der Waals surface area contributed by atoms with E-state index in [1.807, 2.05) is 0 Å². The first-order valence-corrected chi connectivity index (χ1v) is 3.21. The molecule has 0 radical (unpaired) electrons. The molecule has 0 saturated heterocycles. The van der Waals surface area contributed by atoms with Crippen LogP contribution in [-0.2, 0) is 10.4 Å². The quantitative estimate of drug-likeness (QED) is 0.400. The minimum absolute atomic E-state index is 0. The SMILES string of the molecule is F.F.F.FCC(F)F.O=S(=O)(O)O.[LiH]. The molecule has 0 amide bonds. The van der Waals surface area contributed by atoms with E-state index in [4.69, 9.17) is 17.5 Å². The fraction of sp³-hybridized carbons (Fsp3) is 1.00. The summed E-state index contributed by atoms with van der Waals surface area (Å²) in [7, 11) is -4.67. The number of rotatable bonds is 1. The number of hydrogen-bond acceptors (Lipinski definition) is 2. The Labute approximate surface area is 87.7 Å². The Morgan fingerprint density at radius 1 is 1.07 bits per heavy atom. The Hall–Kier alpha value is 0.0474. The van der Waals surface area contributed by atoms with Gasteiger partial charge in [0.1, 0.15) is 0 Å². The van der Waals surface area contributed by atoms with Crippen LogP contribution in [0.3, 0.4) is 0 Å². The summed E-state index contributed by atoms with van der Waals surface area (Å²) in [5.74, 6) is 0. The van der Waals surface area contributed by atoms with Crippen molar-refractivity contribution in [2.75, 3.05) is 6.67 Å². The predicted molar refractivity (Wildman–Crippen MR) is 40.8 cm³/mol. The molecule has 90 valence electrons. The van der Waals surface area contributed by atoms with E-state index in [0.29, 0.717) is 0 Å². The molecule has 0 aliphatic carbocycles. The van der Waals surface area contributed by atoms with E-state index in [0.717, 1.165) is 0 Å². The van der Waals surface area contributed by atoms with Gasteiger partial charge in [-0.1, -0.05) is 0 Å². The summed E-state index contributed by atoms with van der Waals surface area (Å²) >= 11 is 0. The van der Waals surface area contributed by atoms with Gasteiger partial charge in [0, 0.05) is 0 Å². The topological polar surface area (TPSA) is 74.6 Å². The molecule has 0 aromatic rings. The molecule has 12 heteroatoms. The van der Waals surface area contributed by atoms with Gasteiger partial charge in [0.25, 0.3) is 6.43 Å². The van der Waals surface area contributed by atoms with Gasteiger partial charge in [-0.3, -0.25) is 23.2 Å². The van der Waals surface area contributed by atoms with Crippen molar-refractivity contribution in [3.8, 4) is 0 Å². The third-order valence-electron chi connectivity index (χ3n) is 0.117. The van der Waals surface area contributed by atoms with Gasteiger partial charge < -0.3 is 0 Å². The molecule has 0 unspecified atom stereocenters. The summed E-state index contributed by atoms with van der Waals surface area (Å²) in [5.41, 5.74) is 0. The molecule has 0 aliphatic rings. The van der Waals surface area contributed by atoms with E-state index in [-0.39, 0.29) is 33.0 Å². The molecule has 0 aromatic carbocycles.